The maximum Gasteiger partial charge on any atom is 0.137 e. The van der Waals surface area contributed by atoms with Gasteiger partial charge in [0.15, 0.2) is 0 Å². The maximum atomic E-state index is 4.12. The van der Waals surface area contributed by atoms with Crippen LogP contribution in [0.3, 0.4) is 0 Å². The topological polar surface area (TPSA) is 101 Å². The van der Waals surface area contributed by atoms with Crippen molar-refractivity contribution in [1.29, 1.82) is 0 Å². The van der Waals surface area contributed by atoms with Crippen molar-refractivity contribution in [2.24, 2.45) is 0 Å². The second-order valence-corrected chi connectivity index (χ2v) is 3.73. The first kappa shape index (κ1) is 11.9. The van der Waals surface area contributed by atoms with E-state index in [4.69, 9.17) is 0 Å². The van der Waals surface area contributed by atoms with Gasteiger partial charge in [-0.3, -0.25) is 0 Å². The molecule has 0 aromatic carbocycles. The second kappa shape index (κ2) is 5.65. The van der Waals surface area contributed by atoms with Crippen LogP contribution in [0, 0.1) is 0 Å². The van der Waals surface area contributed by atoms with Gasteiger partial charge in [0.05, 0.1) is 0 Å². The molecule has 98 valence electrons. The average Bonchev–Trinajstić information content (AvgIpc) is 2.50. The number of nitrogens with one attached hydrogen (secondary N) is 2. The van der Waals surface area contributed by atoms with Gasteiger partial charge in [-0.05, 0) is 12.1 Å². The standard InChI is InChI=1S/C12H10N8/c1-3-13-6-15-9(1)19-11-5-12(18-8-17-11)20-10-2-4-14-7-16-10/h1-8H,(H2,13,14,15,16,17,18,19,20). The summed E-state index contributed by atoms with van der Waals surface area (Å²) in [5, 5.41) is 6.11. The van der Waals surface area contributed by atoms with Gasteiger partial charge in [-0.1, -0.05) is 0 Å². The molecule has 0 bridgehead atoms. The summed E-state index contributed by atoms with van der Waals surface area (Å²) in [4.78, 5) is 24.1. The fraction of sp³-hybridized carbons (Fsp3) is 0. The Morgan fingerprint density at radius 3 is 1.55 bits per heavy atom. The summed E-state index contributed by atoms with van der Waals surface area (Å²) in [5.41, 5.74) is 0. The molecule has 0 spiro atoms. The Morgan fingerprint density at radius 2 is 1.10 bits per heavy atom. The van der Waals surface area contributed by atoms with Crippen LogP contribution in [0.25, 0.3) is 0 Å². The Bertz CT molecular complexity index is 617. The van der Waals surface area contributed by atoms with Crippen LogP contribution in [-0.2, 0) is 0 Å². The van der Waals surface area contributed by atoms with Crippen LogP contribution in [0.15, 0.2) is 49.6 Å². The highest BCUT2D eigenvalue weighted by molar-refractivity contribution is 5.58. The first-order valence-electron chi connectivity index (χ1n) is 5.78. The van der Waals surface area contributed by atoms with Gasteiger partial charge < -0.3 is 10.6 Å². The third-order valence-corrected chi connectivity index (χ3v) is 2.34. The monoisotopic (exact) mass is 266 g/mol. The van der Waals surface area contributed by atoms with Crippen molar-refractivity contribution >= 4 is 23.3 Å². The Kier molecular flexibility index (Phi) is 3.36. The molecule has 0 radical (unpaired) electrons. The number of hydrogen-bond acceptors (Lipinski definition) is 8. The Morgan fingerprint density at radius 1 is 0.600 bits per heavy atom. The van der Waals surface area contributed by atoms with Gasteiger partial charge in [0.25, 0.3) is 0 Å². The van der Waals surface area contributed by atoms with Crippen LogP contribution in [0.1, 0.15) is 0 Å². The molecule has 0 fully saturated rings. The molecular weight excluding hydrogens is 256 g/mol. The van der Waals surface area contributed by atoms with E-state index in [1.165, 1.54) is 19.0 Å². The summed E-state index contributed by atoms with van der Waals surface area (Å²) >= 11 is 0. The molecule has 2 N–H and O–H groups in total. The molecule has 0 aliphatic heterocycles. The molecule has 0 unspecified atom stereocenters. The van der Waals surface area contributed by atoms with Crippen molar-refractivity contribution in [2.75, 3.05) is 10.6 Å². The average molecular weight is 266 g/mol. The summed E-state index contributed by atoms with van der Waals surface area (Å²) in [7, 11) is 0. The molecule has 8 heteroatoms. The molecule has 3 heterocycles. The third kappa shape index (κ3) is 2.99. The molecule has 0 aliphatic rings. The largest absolute Gasteiger partial charge is 0.325 e. The fourth-order valence-electron chi connectivity index (χ4n) is 1.49. The molecule has 0 aliphatic carbocycles. The van der Waals surface area contributed by atoms with Crippen LogP contribution in [0.5, 0.6) is 0 Å². The van der Waals surface area contributed by atoms with Gasteiger partial charge in [-0.15, -0.1) is 0 Å². The molecule has 3 aromatic rings. The highest BCUT2D eigenvalue weighted by Crippen LogP contribution is 2.15. The van der Waals surface area contributed by atoms with Crippen LogP contribution in [-0.4, -0.2) is 29.9 Å². The predicted molar refractivity (Wildman–Crippen MR) is 72.7 cm³/mol. The van der Waals surface area contributed by atoms with E-state index in [0.717, 1.165) is 0 Å². The summed E-state index contributed by atoms with van der Waals surface area (Å²) < 4.78 is 0. The lowest BCUT2D eigenvalue weighted by atomic mass is 10.4. The molecule has 20 heavy (non-hydrogen) atoms. The smallest absolute Gasteiger partial charge is 0.137 e. The minimum atomic E-state index is 0.621. The lowest BCUT2D eigenvalue weighted by molar-refractivity contribution is 1.12. The number of aromatic nitrogens is 6. The number of hydrogen-bond donors (Lipinski definition) is 2. The van der Waals surface area contributed by atoms with Crippen LogP contribution in [0.4, 0.5) is 23.3 Å². The van der Waals surface area contributed by atoms with Crippen molar-refractivity contribution in [3.8, 4) is 0 Å². The molecule has 0 saturated carbocycles. The first-order valence-corrected chi connectivity index (χ1v) is 5.78. The van der Waals surface area contributed by atoms with Crippen molar-refractivity contribution < 1.29 is 0 Å². The zero-order chi connectivity index (χ0) is 13.6. The van der Waals surface area contributed by atoms with Gasteiger partial charge in [-0.25, -0.2) is 29.9 Å². The minimum Gasteiger partial charge on any atom is -0.325 e. The zero-order valence-electron chi connectivity index (χ0n) is 10.3. The summed E-state index contributed by atoms with van der Waals surface area (Å²) in [6, 6.07) is 5.25. The summed E-state index contributed by atoms with van der Waals surface area (Å²) in [5.74, 6) is 2.56. The van der Waals surface area contributed by atoms with E-state index >= 15 is 0 Å². The molecule has 0 atom stereocenters. The van der Waals surface area contributed by atoms with E-state index in [0.29, 0.717) is 23.3 Å². The number of rotatable bonds is 4. The lowest BCUT2D eigenvalue weighted by Gasteiger charge is -2.07. The van der Waals surface area contributed by atoms with Crippen molar-refractivity contribution in [3.05, 3.63) is 49.6 Å². The van der Waals surface area contributed by atoms with Crippen LogP contribution < -0.4 is 10.6 Å². The SMILES string of the molecule is c1cc(Nc2cc(Nc3ccncn3)ncn2)ncn1. The Balaban J connectivity index is 1.76. The van der Waals surface area contributed by atoms with Gasteiger partial charge in [0.2, 0.25) is 0 Å². The lowest BCUT2D eigenvalue weighted by Crippen LogP contribution is -2.00. The highest BCUT2D eigenvalue weighted by atomic mass is 15.1. The van der Waals surface area contributed by atoms with E-state index in [9.17, 15) is 0 Å². The van der Waals surface area contributed by atoms with Crippen molar-refractivity contribution in [2.45, 2.75) is 0 Å². The van der Waals surface area contributed by atoms with Crippen molar-refractivity contribution in [1.82, 2.24) is 29.9 Å². The van der Waals surface area contributed by atoms with Gasteiger partial charge >= 0.3 is 0 Å². The number of nitrogens with zero attached hydrogens (tertiary/aromatic N) is 6. The molecule has 0 saturated heterocycles. The van der Waals surface area contributed by atoms with E-state index in [-0.39, 0.29) is 0 Å². The van der Waals surface area contributed by atoms with Crippen LogP contribution in [0.2, 0.25) is 0 Å². The van der Waals surface area contributed by atoms with E-state index in [1.807, 2.05) is 0 Å². The van der Waals surface area contributed by atoms with E-state index in [2.05, 4.69) is 40.5 Å². The van der Waals surface area contributed by atoms with Crippen LogP contribution >= 0.6 is 0 Å². The van der Waals surface area contributed by atoms with Crippen molar-refractivity contribution in [3.63, 3.8) is 0 Å². The third-order valence-electron chi connectivity index (χ3n) is 2.34. The predicted octanol–water partition coefficient (Wildman–Crippen LogP) is 1.54. The summed E-state index contributed by atoms with van der Waals surface area (Å²) in [6.45, 7) is 0. The minimum absolute atomic E-state index is 0.621. The maximum absolute atomic E-state index is 4.12. The van der Waals surface area contributed by atoms with Gasteiger partial charge in [-0.2, -0.15) is 0 Å². The highest BCUT2D eigenvalue weighted by Gasteiger charge is 2.01. The quantitative estimate of drug-likeness (QED) is 0.733. The molecule has 8 nitrogen and oxygen atoms in total. The van der Waals surface area contributed by atoms with Gasteiger partial charge in [0, 0.05) is 18.5 Å². The number of anilines is 4. The Labute approximate surface area is 114 Å². The van der Waals surface area contributed by atoms with E-state index < -0.39 is 0 Å². The molecular formula is C12H10N8. The zero-order valence-corrected chi connectivity index (χ0v) is 10.3. The molecule has 3 rings (SSSR count). The summed E-state index contributed by atoms with van der Waals surface area (Å²) in [6.07, 6.45) is 7.67. The normalized spacial score (nSPS) is 10.0. The second-order valence-electron chi connectivity index (χ2n) is 3.73. The molecule has 3 aromatic heterocycles. The fourth-order valence-corrected chi connectivity index (χ4v) is 1.49. The first-order chi connectivity index (χ1) is 9.90. The molecule has 0 amide bonds. The van der Waals surface area contributed by atoms with E-state index in [1.54, 1.807) is 30.6 Å². The Hall–Kier alpha value is -3.16. The van der Waals surface area contributed by atoms with Gasteiger partial charge in [0.1, 0.15) is 42.3 Å².